The molecule has 7 heteroatoms. The Bertz CT molecular complexity index is 349. The summed E-state index contributed by atoms with van der Waals surface area (Å²) in [6.45, 7) is 6.29. The van der Waals surface area contributed by atoms with E-state index in [4.69, 9.17) is 4.74 Å². The van der Waals surface area contributed by atoms with Gasteiger partial charge in [0.25, 0.3) is 10.2 Å². The topological polar surface area (TPSA) is 61.9 Å². The van der Waals surface area contributed by atoms with Gasteiger partial charge in [0.2, 0.25) is 0 Å². The van der Waals surface area contributed by atoms with Crippen molar-refractivity contribution in [3.63, 3.8) is 0 Å². The highest BCUT2D eigenvalue weighted by molar-refractivity contribution is 7.87. The lowest BCUT2D eigenvalue weighted by atomic mass is 10.2. The van der Waals surface area contributed by atoms with Crippen LogP contribution in [0.4, 0.5) is 0 Å². The fourth-order valence-corrected chi connectivity index (χ4v) is 3.85. The molecule has 112 valence electrons. The van der Waals surface area contributed by atoms with Gasteiger partial charge in [-0.25, -0.2) is 4.72 Å². The summed E-state index contributed by atoms with van der Waals surface area (Å²) in [4.78, 5) is 2.32. The molecule has 0 amide bonds. The van der Waals surface area contributed by atoms with E-state index in [0.29, 0.717) is 19.6 Å². The summed E-state index contributed by atoms with van der Waals surface area (Å²) in [6.07, 6.45) is 3.96. The van der Waals surface area contributed by atoms with E-state index < -0.39 is 10.2 Å². The van der Waals surface area contributed by atoms with E-state index in [1.807, 2.05) is 0 Å². The van der Waals surface area contributed by atoms with Crippen LogP contribution in [-0.2, 0) is 14.9 Å². The van der Waals surface area contributed by atoms with Crippen LogP contribution < -0.4 is 4.72 Å². The van der Waals surface area contributed by atoms with E-state index in [1.165, 1.54) is 0 Å². The van der Waals surface area contributed by atoms with Gasteiger partial charge in [-0.3, -0.25) is 4.90 Å². The van der Waals surface area contributed by atoms with Crippen LogP contribution in [0.2, 0.25) is 0 Å². The number of hydrogen-bond donors (Lipinski definition) is 1. The first-order valence-corrected chi connectivity index (χ1v) is 8.67. The summed E-state index contributed by atoms with van der Waals surface area (Å²) in [5.41, 5.74) is 0. The van der Waals surface area contributed by atoms with Crippen LogP contribution in [0.15, 0.2) is 0 Å². The number of nitrogens with zero attached hydrogens (tertiary/aromatic N) is 2. The average molecular weight is 291 g/mol. The van der Waals surface area contributed by atoms with Gasteiger partial charge in [0.15, 0.2) is 0 Å². The largest absolute Gasteiger partial charge is 0.379 e. The first-order valence-electron chi connectivity index (χ1n) is 7.23. The van der Waals surface area contributed by atoms with Gasteiger partial charge in [0.1, 0.15) is 0 Å². The van der Waals surface area contributed by atoms with Gasteiger partial charge in [0, 0.05) is 32.7 Å². The Balaban J connectivity index is 1.63. The standard InChI is InChI=1S/C12H25N3O3S/c16-19(17,15-7-2-1-3-8-15)13-5-4-6-14-9-11-18-12-10-14/h13H,1-12H2. The van der Waals surface area contributed by atoms with Crippen LogP contribution in [0.3, 0.4) is 0 Å². The molecule has 0 atom stereocenters. The number of rotatable bonds is 6. The Morgan fingerprint density at radius 3 is 2.37 bits per heavy atom. The zero-order valence-electron chi connectivity index (χ0n) is 11.5. The molecule has 2 heterocycles. The van der Waals surface area contributed by atoms with Crippen molar-refractivity contribution in [3.8, 4) is 0 Å². The number of morpholine rings is 1. The maximum absolute atomic E-state index is 12.0. The number of ether oxygens (including phenoxy) is 1. The number of hydrogen-bond acceptors (Lipinski definition) is 4. The summed E-state index contributed by atoms with van der Waals surface area (Å²) in [5, 5.41) is 0. The molecule has 19 heavy (non-hydrogen) atoms. The Morgan fingerprint density at radius 1 is 1.00 bits per heavy atom. The van der Waals surface area contributed by atoms with Crippen LogP contribution in [0, 0.1) is 0 Å². The number of piperidine rings is 1. The van der Waals surface area contributed by atoms with E-state index in [9.17, 15) is 8.42 Å². The van der Waals surface area contributed by atoms with Gasteiger partial charge in [-0.15, -0.1) is 0 Å². The van der Waals surface area contributed by atoms with Gasteiger partial charge in [-0.1, -0.05) is 6.42 Å². The van der Waals surface area contributed by atoms with Gasteiger partial charge in [-0.2, -0.15) is 12.7 Å². The second-order valence-corrected chi connectivity index (χ2v) is 6.92. The van der Waals surface area contributed by atoms with Crippen molar-refractivity contribution in [2.75, 3.05) is 52.5 Å². The molecule has 0 aromatic carbocycles. The highest BCUT2D eigenvalue weighted by atomic mass is 32.2. The molecule has 2 fully saturated rings. The molecule has 0 saturated carbocycles. The number of nitrogens with one attached hydrogen (secondary N) is 1. The molecular formula is C12H25N3O3S. The van der Waals surface area contributed by atoms with Crippen molar-refractivity contribution < 1.29 is 13.2 Å². The lowest BCUT2D eigenvalue weighted by Crippen LogP contribution is -2.44. The molecule has 0 aliphatic carbocycles. The minimum absolute atomic E-state index is 0.524. The smallest absolute Gasteiger partial charge is 0.279 e. The third-order valence-electron chi connectivity index (χ3n) is 3.69. The third kappa shape index (κ3) is 5.00. The molecule has 0 aromatic heterocycles. The minimum Gasteiger partial charge on any atom is -0.379 e. The van der Waals surface area contributed by atoms with Crippen LogP contribution in [0.25, 0.3) is 0 Å². The fourth-order valence-electron chi connectivity index (χ4n) is 2.53. The normalized spacial score (nSPS) is 23.6. The summed E-state index contributed by atoms with van der Waals surface area (Å²) in [5.74, 6) is 0. The van der Waals surface area contributed by atoms with Crippen molar-refractivity contribution in [2.45, 2.75) is 25.7 Å². The van der Waals surface area contributed by atoms with Crippen LogP contribution >= 0.6 is 0 Å². The summed E-state index contributed by atoms with van der Waals surface area (Å²) >= 11 is 0. The summed E-state index contributed by atoms with van der Waals surface area (Å²) in [6, 6.07) is 0. The monoisotopic (exact) mass is 291 g/mol. The van der Waals surface area contributed by atoms with Crippen LogP contribution in [-0.4, -0.2) is 70.1 Å². The summed E-state index contributed by atoms with van der Waals surface area (Å²) < 4.78 is 33.6. The summed E-state index contributed by atoms with van der Waals surface area (Å²) in [7, 11) is -3.25. The second kappa shape index (κ2) is 7.54. The van der Waals surface area contributed by atoms with E-state index in [1.54, 1.807) is 4.31 Å². The molecule has 1 N–H and O–H groups in total. The molecule has 2 saturated heterocycles. The first kappa shape index (κ1) is 15.2. The molecule has 0 aromatic rings. The Kier molecular flexibility index (Phi) is 6.03. The quantitative estimate of drug-likeness (QED) is 0.701. The minimum atomic E-state index is -3.25. The van der Waals surface area contributed by atoms with E-state index in [-0.39, 0.29) is 0 Å². The molecule has 0 spiro atoms. The fraction of sp³-hybridized carbons (Fsp3) is 1.00. The first-order chi connectivity index (χ1) is 9.18. The Hall–Kier alpha value is -0.210. The third-order valence-corrected chi connectivity index (χ3v) is 5.31. The van der Waals surface area contributed by atoms with Gasteiger partial charge in [0.05, 0.1) is 13.2 Å². The molecule has 2 aliphatic heterocycles. The zero-order chi connectivity index (χ0) is 13.6. The zero-order valence-corrected chi connectivity index (χ0v) is 12.3. The SMILES string of the molecule is O=S(=O)(NCCCN1CCOCC1)N1CCCCC1. The maximum atomic E-state index is 12.0. The molecule has 2 aliphatic rings. The maximum Gasteiger partial charge on any atom is 0.279 e. The predicted molar refractivity (Wildman–Crippen MR) is 74.2 cm³/mol. The van der Waals surface area contributed by atoms with Gasteiger partial charge >= 0.3 is 0 Å². The predicted octanol–water partition coefficient (Wildman–Crippen LogP) is 0.0290. The molecule has 6 nitrogen and oxygen atoms in total. The van der Waals surface area contributed by atoms with Crippen molar-refractivity contribution in [1.29, 1.82) is 0 Å². The van der Waals surface area contributed by atoms with Crippen LogP contribution in [0.1, 0.15) is 25.7 Å². The Morgan fingerprint density at radius 2 is 1.68 bits per heavy atom. The lowest BCUT2D eigenvalue weighted by molar-refractivity contribution is 0.0376. The Labute approximate surface area is 116 Å². The van der Waals surface area contributed by atoms with Gasteiger partial charge < -0.3 is 4.74 Å². The highest BCUT2D eigenvalue weighted by Gasteiger charge is 2.22. The van der Waals surface area contributed by atoms with E-state index >= 15 is 0 Å². The molecule has 0 radical (unpaired) electrons. The van der Waals surface area contributed by atoms with Gasteiger partial charge in [-0.05, 0) is 25.8 Å². The van der Waals surface area contributed by atoms with Crippen molar-refractivity contribution >= 4 is 10.2 Å². The van der Waals surface area contributed by atoms with E-state index in [2.05, 4.69) is 9.62 Å². The van der Waals surface area contributed by atoms with Crippen molar-refractivity contribution in [3.05, 3.63) is 0 Å². The van der Waals surface area contributed by atoms with Crippen molar-refractivity contribution in [2.24, 2.45) is 0 Å². The van der Waals surface area contributed by atoms with Crippen molar-refractivity contribution in [1.82, 2.24) is 13.9 Å². The molecular weight excluding hydrogens is 266 g/mol. The molecule has 0 bridgehead atoms. The molecule has 2 rings (SSSR count). The lowest BCUT2D eigenvalue weighted by Gasteiger charge is -2.27. The average Bonchev–Trinajstić information content (AvgIpc) is 2.46. The molecule has 0 unspecified atom stereocenters. The highest BCUT2D eigenvalue weighted by Crippen LogP contribution is 2.11. The van der Waals surface area contributed by atoms with E-state index in [0.717, 1.165) is 58.5 Å². The van der Waals surface area contributed by atoms with Crippen LogP contribution in [0.5, 0.6) is 0 Å². The second-order valence-electron chi connectivity index (χ2n) is 5.17.